The zero-order valence-electron chi connectivity index (χ0n) is 7.65. The molecule has 0 aromatic rings. The monoisotopic (exact) mass is 144 g/mol. The summed E-state index contributed by atoms with van der Waals surface area (Å²) < 4.78 is 0. The highest BCUT2D eigenvalue weighted by atomic mass is 16.3. The number of hydrogen-bond acceptors (Lipinski definition) is 1. The van der Waals surface area contributed by atoms with Crippen molar-refractivity contribution in [2.45, 2.75) is 53.1 Å². The fraction of sp³-hybridized carbons (Fsp3) is 1.00. The topological polar surface area (TPSA) is 20.2 Å². The summed E-state index contributed by atoms with van der Waals surface area (Å²) in [4.78, 5) is 0. The van der Waals surface area contributed by atoms with Crippen molar-refractivity contribution in [1.82, 2.24) is 0 Å². The molecule has 0 aliphatic heterocycles. The first kappa shape index (κ1) is 9.96. The Kier molecular flexibility index (Phi) is 3.95. The van der Waals surface area contributed by atoms with Crippen LogP contribution in [-0.4, -0.2) is 11.2 Å². The van der Waals surface area contributed by atoms with Crippen molar-refractivity contribution in [3.05, 3.63) is 0 Å². The third-order valence-electron chi connectivity index (χ3n) is 2.22. The number of aliphatic hydroxyl groups excluding tert-OH is 1. The Labute approximate surface area is 64.5 Å². The van der Waals surface area contributed by atoms with Crippen molar-refractivity contribution in [2.24, 2.45) is 5.41 Å². The second-order valence-corrected chi connectivity index (χ2v) is 3.78. The molecule has 1 nitrogen and oxygen atoms in total. The van der Waals surface area contributed by atoms with Crippen LogP contribution in [0.1, 0.15) is 47.0 Å². The van der Waals surface area contributed by atoms with Gasteiger partial charge in [-0.15, -0.1) is 0 Å². The van der Waals surface area contributed by atoms with Gasteiger partial charge in [-0.1, -0.05) is 34.1 Å². The van der Waals surface area contributed by atoms with E-state index in [0.717, 1.165) is 19.3 Å². The second kappa shape index (κ2) is 3.97. The number of hydrogen-bond donors (Lipinski definition) is 1. The average Bonchev–Trinajstić information content (AvgIpc) is 1.87. The van der Waals surface area contributed by atoms with Crippen LogP contribution in [0.3, 0.4) is 0 Å². The van der Waals surface area contributed by atoms with E-state index in [9.17, 15) is 5.11 Å². The first-order valence-electron chi connectivity index (χ1n) is 4.20. The van der Waals surface area contributed by atoms with Crippen molar-refractivity contribution >= 4 is 0 Å². The molecule has 0 bridgehead atoms. The minimum absolute atomic E-state index is 0.102. The van der Waals surface area contributed by atoms with Gasteiger partial charge < -0.3 is 5.11 Å². The first-order chi connectivity index (χ1) is 4.52. The predicted octanol–water partition coefficient (Wildman–Crippen LogP) is 2.58. The molecule has 0 saturated carbocycles. The lowest BCUT2D eigenvalue weighted by Gasteiger charge is -2.24. The summed E-state index contributed by atoms with van der Waals surface area (Å²) in [5, 5.41) is 9.32. The molecule has 0 saturated heterocycles. The maximum atomic E-state index is 9.32. The summed E-state index contributed by atoms with van der Waals surface area (Å²) in [7, 11) is 0. The number of rotatable bonds is 4. The van der Waals surface area contributed by atoms with Crippen molar-refractivity contribution in [3.63, 3.8) is 0 Å². The van der Waals surface area contributed by atoms with Crippen molar-refractivity contribution in [3.8, 4) is 0 Å². The van der Waals surface area contributed by atoms with Gasteiger partial charge in [0.15, 0.2) is 0 Å². The molecule has 0 fully saturated rings. The maximum absolute atomic E-state index is 9.32. The lowest BCUT2D eigenvalue weighted by Crippen LogP contribution is -2.18. The van der Waals surface area contributed by atoms with Gasteiger partial charge in [0.2, 0.25) is 0 Å². The van der Waals surface area contributed by atoms with Crippen LogP contribution in [0.4, 0.5) is 0 Å². The van der Waals surface area contributed by atoms with Gasteiger partial charge in [0.05, 0.1) is 6.10 Å². The Morgan fingerprint density at radius 1 is 1.30 bits per heavy atom. The lowest BCUT2D eigenvalue weighted by molar-refractivity contribution is 0.108. The summed E-state index contributed by atoms with van der Waals surface area (Å²) in [6, 6.07) is 0. The Balaban J connectivity index is 3.64. The van der Waals surface area contributed by atoms with Crippen LogP contribution in [0.15, 0.2) is 0 Å². The molecule has 1 N–H and O–H groups in total. The van der Waals surface area contributed by atoms with Crippen LogP contribution in [-0.2, 0) is 0 Å². The smallest absolute Gasteiger partial charge is 0.0542 e. The molecule has 62 valence electrons. The van der Waals surface area contributed by atoms with Crippen LogP contribution in [0.25, 0.3) is 0 Å². The highest BCUT2D eigenvalue weighted by Crippen LogP contribution is 2.26. The molecular formula is C9H20O. The summed E-state index contributed by atoms with van der Waals surface area (Å²) in [5.41, 5.74) is 0.315. The lowest BCUT2D eigenvalue weighted by atomic mass is 9.84. The largest absolute Gasteiger partial charge is 0.393 e. The van der Waals surface area contributed by atoms with Gasteiger partial charge in [-0.2, -0.15) is 0 Å². The summed E-state index contributed by atoms with van der Waals surface area (Å²) in [6.45, 7) is 8.59. The summed E-state index contributed by atoms with van der Waals surface area (Å²) >= 11 is 0. The minimum Gasteiger partial charge on any atom is -0.393 e. The Morgan fingerprint density at radius 3 is 2.10 bits per heavy atom. The standard InChI is InChI=1S/C9H20O/c1-5-8(10)7-9(3,4)6-2/h8,10H,5-7H2,1-4H3. The van der Waals surface area contributed by atoms with Crippen LogP contribution >= 0.6 is 0 Å². The third kappa shape index (κ3) is 3.89. The van der Waals surface area contributed by atoms with Gasteiger partial charge >= 0.3 is 0 Å². The van der Waals surface area contributed by atoms with E-state index in [4.69, 9.17) is 0 Å². The molecule has 0 aliphatic rings. The average molecular weight is 144 g/mol. The first-order valence-corrected chi connectivity index (χ1v) is 4.20. The predicted molar refractivity (Wildman–Crippen MR) is 45.0 cm³/mol. The molecule has 10 heavy (non-hydrogen) atoms. The molecule has 0 rings (SSSR count). The van der Waals surface area contributed by atoms with E-state index in [2.05, 4.69) is 20.8 Å². The molecular weight excluding hydrogens is 124 g/mol. The summed E-state index contributed by atoms with van der Waals surface area (Å²) in [5.74, 6) is 0. The molecule has 0 heterocycles. The van der Waals surface area contributed by atoms with Crippen molar-refractivity contribution in [1.29, 1.82) is 0 Å². The molecule has 0 aromatic heterocycles. The normalized spacial score (nSPS) is 15.3. The van der Waals surface area contributed by atoms with E-state index < -0.39 is 0 Å². The van der Waals surface area contributed by atoms with Gasteiger partial charge in [0.1, 0.15) is 0 Å². The molecule has 1 atom stereocenters. The van der Waals surface area contributed by atoms with E-state index in [1.54, 1.807) is 0 Å². The second-order valence-electron chi connectivity index (χ2n) is 3.78. The fourth-order valence-corrected chi connectivity index (χ4v) is 0.927. The van der Waals surface area contributed by atoms with Gasteiger partial charge in [-0.05, 0) is 18.3 Å². The van der Waals surface area contributed by atoms with Gasteiger partial charge in [-0.25, -0.2) is 0 Å². The molecule has 0 radical (unpaired) electrons. The SMILES string of the molecule is CCC(O)CC(C)(C)CC. The number of aliphatic hydroxyl groups is 1. The molecule has 0 aliphatic carbocycles. The fourth-order valence-electron chi connectivity index (χ4n) is 0.927. The third-order valence-corrected chi connectivity index (χ3v) is 2.22. The Morgan fingerprint density at radius 2 is 1.80 bits per heavy atom. The van der Waals surface area contributed by atoms with Gasteiger partial charge in [-0.3, -0.25) is 0 Å². The van der Waals surface area contributed by atoms with Crippen LogP contribution in [0, 0.1) is 5.41 Å². The zero-order valence-corrected chi connectivity index (χ0v) is 7.65. The van der Waals surface area contributed by atoms with Crippen molar-refractivity contribution < 1.29 is 5.11 Å². The minimum atomic E-state index is -0.102. The molecule has 0 amide bonds. The van der Waals surface area contributed by atoms with Gasteiger partial charge in [0.25, 0.3) is 0 Å². The van der Waals surface area contributed by atoms with Crippen LogP contribution < -0.4 is 0 Å². The van der Waals surface area contributed by atoms with E-state index in [0.29, 0.717) is 5.41 Å². The Hall–Kier alpha value is -0.0400. The van der Waals surface area contributed by atoms with E-state index in [1.807, 2.05) is 6.92 Å². The van der Waals surface area contributed by atoms with E-state index >= 15 is 0 Å². The summed E-state index contributed by atoms with van der Waals surface area (Å²) in [6.07, 6.45) is 2.85. The van der Waals surface area contributed by atoms with Crippen molar-refractivity contribution in [2.75, 3.05) is 0 Å². The van der Waals surface area contributed by atoms with E-state index in [-0.39, 0.29) is 6.10 Å². The highest BCUT2D eigenvalue weighted by molar-refractivity contribution is 4.70. The van der Waals surface area contributed by atoms with Crippen LogP contribution in [0.2, 0.25) is 0 Å². The molecule has 1 unspecified atom stereocenters. The zero-order chi connectivity index (χ0) is 8.20. The maximum Gasteiger partial charge on any atom is 0.0542 e. The van der Waals surface area contributed by atoms with Gasteiger partial charge in [0, 0.05) is 0 Å². The highest BCUT2D eigenvalue weighted by Gasteiger charge is 2.18. The molecule has 0 spiro atoms. The Bertz CT molecular complexity index is 86.7. The van der Waals surface area contributed by atoms with E-state index in [1.165, 1.54) is 0 Å². The quantitative estimate of drug-likeness (QED) is 0.643. The molecule has 1 heteroatoms. The molecule has 0 aromatic carbocycles. The van der Waals surface area contributed by atoms with Crippen LogP contribution in [0.5, 0.6) is 0 Å².